The maximum atomic E-state index is 11.7. The molecule has 0 aromatic rings. The van der Waals surface area contributed by atoms with Crippen LogP contribution in [0, 0.1) is 5.92 Å². The molecule has 2 saturated heterocycles. The van der Waals surface area contributed by atoms with Gasteiger partial charge in [-0.3, -0.25) is 4.90 Å². The van der Waals surface area contributed by atoms with Gasteiger partial charge in [-0.1, -0.05) is 13.8 Å². The minimum Gasteiger partial charge on any atom is -0.311 e. The molecule has 21 heavy (non-hydrogen) atoms. The number of nitrogens with one attached hydrogen (secondary N) is 1. The lowest BCUT2D eigenvalue weighted by Crippen LogP contribution is -2.55. The molecule has 0 saturated carbocycles. The van der Waals surface area contributed by atoms with Crippen LogP contribution in [0.4, 0.5) is 0 Å². The smallest absolute Gasteiger partial charge is 0.151 e. The monoisotopic (exact) mass is 317 g/mol. The fourth-order valence-corrected chi connectivity index (χ4v) is 5.08. The first-order valence-electron chi connectivity index (χ1n) is 8.24. The molecule has 2 atom stereocenters. The molecule has 0 aromatic heterocycles. The number of nitrogens with zero attached hydrogens (tertiary/aromatic N) is 2. The van der Waals surface area contributed by atoms with Gasteiger partial charge in [-0.25, -0.2) is 8.42 Å². The Morgan fingerprint density at radius 2 is 1.86 bits per heavy atom. The molecule has 6 heteroatoms. The molecule has 2 aliphatic heterocycles. The fraction of sp³-hybridized carbons (Fsp3) is 1.00. The van der Waals surface area contributed by atoms with Gasteiger partial charge in [-0.2, -0.15) is 0 Å². The van der Waals surface area contributed by atoms with E-state index in [9.17, 15) is 8.42 Å². The van der Waals surface area contributed by atoms with Gasteiger partial charge >= 0.3 is 0 Å². The Kier molecular flexibility index (Phi) is 6.05. The van der Waals surface area contributed by atoms with Crippen molar-refractivity contribution in [3.05, 3.63) is 0 Å². The molecule has 0 spiro atoms. The maximum Gasteiger partial charge on any atom is 0.151 e. The molecular formula is C15H31N3O2S. The Morgan fingerprint density at radius 1 is 1.19 bits per heavy atom. The maximum absolute atomic E-state index is 11.7. The van der Waals surface area contributed by atoms with Gasteiger partial charge in [0.05, 0.1) is 11.5 Å². The molecule has 0 bridgehead atoms. The van der Waals surface area contributed by atoms with Gasteiger partial charge in [0, 0.05) is 44.8 Å². The van der Waals surface area contributed by atoms with Gasteiger partial charge in [0.25, 0.3) is 0 Å². The van der Waals surface area contributed by atoms with Crippen LogP contribution < -0.4 is 5.32 Å². The Labute approximate surface area is 130 Å². The van der Waals surface area contributed by atoms with Crippen molar-refractivity contribution >= 4 is 9.84 Å². The van der Waals surface area contributed by atoms with Crippen LogP contribution in [0.2, 0.25) is 0 Å². The zero-order chi connectivity index (χ0) is 15.5. The Hall–Kier alpha value is -0.170. The SMILES string of the molecule is CC(C)C(CNC1CCCS(=O)(=O)C1)N1CCN(C)CC1. The van der Waals surface area contributed by atoms with Gasteiger partial charge in [-0.15, -0.1) is 0 Å². The molecule has 1 N–H and O–H groups in total. The quantitative estimate of drug-likeness (QED) is 0.797. The van der Waals surface area contributed by atoms with Crippen LogP contribution in [0.15, 0.2) is 0 Å². The van der Waals surface area contributed by atoms with E-state index in [2.05, 4.69) is 36.0 Å². The van der Waals surface area contributed by atoms with Crippen molar-refractivity contribution in [3.8, 4) is 0 Å². The average molecular weight is 317 g/mol. The van der Waals surface area contributed by atoms with E-state index in [1.54, 1.807) is 0 Å². The van der Waals surface area contributed by atoms with Crippen LogP contribution in [-0.4, -0.2) is 81.6 Å². The second-order valence-electron chi connectivity index (χ2n) is 7.01. The minimum absolute atomic E-state index is 0.150. The zero-order valence-corrected chi connectivity index (χ0v) is 14.5. The molecule has 0 amide bonds. The van der Waals surface area contributed by atoms with Crippen molar-refractivity contribution in [2.45, 2.75) is 38.8 Å². The molecule has 0 aromatic carbocycles. The van der Waals surface area contributed by atoms with E-state index in [1.165, 1.54) is 0 Å². The van der Waals surface area contributed by atoms with E-state index < -0.39 is 9.84 Å². The molecule has 5 nitrogen and oxygen atoms in total. The van der Waals surface area contributed by atoms with Gasteiger partial charge in [-0.05, 0) is 25.8 Å². The van der Waals surface area contributed by atoms with E-state index in [0.29, 0.717) is 23.5 Å². The number of hydrogen-bond acceptors (Lipinski definition) is 5. The molecular weight excluding hydrogens is 286 g/mol. The number of likely N-dealkylation sites (N-methyl/N-ethyl adjacent to an activating group) is 1. The van der Waals surface area contributed by atoms with Crippen LogP contribution in [0.25, 0.3) is 0 Å². The largest absolute Gasteiger partial charge is 0.311 e. The van der Waals surface area contributed by atoms with E-state index in [-0.39, 0.29) is 6.04 Å². The van der Waals surface area contributed by atoms with Crippen LogP contribution in [0.1, 0.15) is 26.7 Å². The highest BCUT2D eigenvalue weighted by atomic mass is 32.2. The molecule has 2 rings (SSSR count). The van der Waals surface area contributed by atoms with E-state index in [4.69, 9.17) is 0 Å². The van der Waals surface area contributed by atoms with Crippen molar-refractivity contribution in [1.29, 1.82) is 0 Å². The molecule has 2 unspecified atom stereocenters. The van der Waals surface area contributed by atoms with Crippen LogP contribution in [0.3, 0.4) is 0 Å². The van der Waals surface area contributed by atoms with E-state index in [1.807, 2.05) is 0 Å². The lowest BCUT2D eigenvalue weighted by Gasteiger charge is -2.40. The van der Waals surface area contributed by atoms with Crippen molar-refractivity contribution in [2.75, 3.05) is 51.3 Å². The number of hydrogen-bond donors (Lipinski definition) is 1. The van der Waals surface area contributed by atoms with Gasteiger partial charge in [0.15, 0.2) is 9.84 Å². The predicted octanol–water partition coefficient (Wildman–Crippen LogP) is 0.425. The molecule has 0 radical (unpaired) electrons. The summed E-state index contributed by atoms with van der Waals surface area (Å²) in [4.78, 5) is 4.93. The fourth-order valence-electron chi connectivity index (χ4n) is 3.41. The second kappa shape index (κ2) is 7.40. The summed E-state index contributed by atoms with van der Waals surface area (Å²) in [6.45, 7) is 9.92. The Balaban J connectivity index is 1.85. The van der Waals surface area contributed by atoms with E-state index in [0.717, 1.165) is 45.6 Å². The Morgan fingerprint density at radius 3 is 2.43 bits per heavy atom. The highest BCUT2D eigenvalue weighted by Gasteiger charge is 2.28. The average Bonchev–Trinajstić information content (AvgIpc) is 2.39. The number of sulfone groups is 1. The highest BCUT2D eigenvalue weighted by molar-refractivity contribution is 7.91. The first-order chi connectivity index (χ1) is 9.87. The summed E-state index contributed by atoms with van der Waals surface area (Å²) in [5, 5.41) is 3.53. The number of piperazine rings is 1. The van der Waals surface area contributed by atoms with Crippen molar-refractivity contribution < 1.29 is 8.42 Å². The predicted molar refractivity (Wildman–Crippen MR) is 87.4 cm³/mol. The second-order valence-corrected chi connectivity index (χ2v) is 9.24. The molecule has 2 heterocycles. The van der Waals surface area contributed by atoms with E-state index >= 15 is 0 Å². The molecule has 2 aliphatic rings. The van der Waals surface area contributed by atoms with Crippen molar-refractivity contribution in [2.24, 2.45) is 5.92 Å². The zero-order valence-electron chi connectivity index (χ0n) is 13.7. The van der Waals surface area contributed by atoms with Crippen molar-refractivity contribution in [3.63, 3.8) is 0 Å². The summed E-state index contributed by atoms with van der Waals surface area (Å²) < 4.78 is 23.4. The lowest BCUT2D eigenvalue weighted by molar-refractivity contribution is 0.0861. The lowest BCUT2D eigenvalue weighted by atomic mass is 10.0. The highest BCUT2D eigenvalue weighted by Crippen LogP contribution is 2.15. The summed E-state index contributed by atoms with van der Waals surface area (Å²) in [6.07, 6.45) is 1.80. The minimum atomic E-state index is -2.81. The van der Waals surface area contributed by atoms with Crippen LogP contribution >= 0.6 is 0 Å². The van der Waals surface area contributed by atoms with Gasteiger partial charge in [0.2, 0.25) is 0 Å². The third-order valence-corrected chi connectivity index (χ3v) is 6.68. The number of rotatable bonds is 5. The first-order valence-corrected chi connectivity index (χ1v) is 10.1. The van der Waals surface area contributed by atoms with Gasteiger partial charge in [0.1, 0.15) is 0 Å². The normalized spacial score (nSPS) is 29.6. The van der Waals surface area contributed by atoms with Gasteiger partial charge < -0.3 is 10.2 Å². The summed E-state index contributed by atoms with van der Waals surface area (Å²) in [7, 11) is -0.642. The van der Waals surface area contributed by atoms with Crippen LogP contribution in [-0.2, 0) is 9.84 Å². The molecule has 2 fully saturated rings. The summed E-state index contributed by atoms with van der Waals surface area (Å²) >= 11 is 0. The Bertz CT molecular complexity index is 417. The molecule has 124 valence electrons. The standard InChI is InChI=1S/C15H31N3O2S/c1-13(2)15(18-8-6-17(3)7-9-18)11-16-14-5-4-10-21(19,20)12-14/h13-16H,4-12H2,1-3H3. The third kappa shape index (κ3) is 5.20. The first kappa shape index (κ1) is 17.2. The summed E-state index contributed by atoms with van der Waals surface area (Å²) in [5.41, 5.74) is 0. The third-order valence-electron chi connectivity index (χ3n) is 4.86. The topological polar surface area (TPSA) is 52.7 Å². The molecule has 0 aliphatic carbocycles. The van der Waals surface area contributed by atoms with Crippen LogP contribution in [0.5, 0.6) is 0 Å². The summed E-state index contributed by atoms with van der Waals surface area (Å²) in [6, 6.07) is 0.654. The van der Waals surface area contributed by atoms with Crippen molar-refractivity contribution in [1.82, 2.24) is 15.1 Å². The summed E-state index contributed by atoms with van der Waals surface area (Å²) in [5.74, 6) is 1.28.